The summed E-state index contributed by atoms with van der Waals surface area (Å²) in [7, 11) is 0. The SMILES string of the molecule is N#Cc1cccc([C@H](c2ccc(F)cc2)[C@H]2Cn3ccnc3-c3c(O)c(=O)cnn32)c1. The third-order valence-corrected chi connectivity index (χ3v) is 5.60. The van der Waals surface area contributed by atoms with E-state index in [2.05, 4.69) is 16.2 Å². The van der Waals surface area contributed by atoms with Crippen LogP contribution in [0.15, 0.2) is 71.9 Å². The number of imidazole rings is 1. The summed E-state index contributed by atoms with van der Waals surface area (Å²) in [5.74, 6) is -0.662. The Kier molecular flexibility index (Phi) is 4.37. The van der Waals surface area contributed by atoms with Crippen molar-refractivity contribution in [2.24, 2.45) is 0 Å². The Morgan fingerprint density at radius 2 is 2.00 bits per heavy atom. The van der Waals surface area contributed by atoms with Crippen LogP contribution in [-0.4, -0.2) is 24.4 Å². The number of hydrogen-bond acceptors (Lipinski definition) is 5. The molecule has 1 aliphatic heterocycles. The highest BCUT2D eigenvalue weighted by atomic mass is 19.1. The fourth-order valence-corrected chi connectivity index (χ4v) is 4.23. The van der Waals surface area contributed by atoms with E-state index in [1.807, 2.05) is 10.6 Å². The molecule has 0 saturated heterocycles. The van der Waals surface area contributed by atoms with Crippen molar-refractivity contribution in [2.75, 3.05) is 0 Å². The fourth-order valence-electron chi connectivity index (χ4n) is 4.23. The van der Waals surface area contributed by atoms with Crippen molar-refractivity contribution in [3.63, 3.8) is 0 Å². The molecular formula is C23H16FN5O2. The van der Waals surface area contributed by atoms with Crippen LogP contribution < -0.4 is 5.43 Å². The lowest BCUT2D eigenvalue weighted by molar-refractivity contribution is 0.331. The van der Waals surface area contributed by atoms with Crippen LogP contribution in [0.5, 0.6) is 5.75 Å². The number of benzene rings is 2. The van der Waals surface area contributed by atoms with Gasteiger partial charge in [0.15, 0.2) is 11.6 Å². The van der Waals surface area contributed by atoms with Gasteiger partial charge in [-0.15, -0.1) is 0 Å². The Hall–Kier alpha value is -4.25. The van der Waals surface area contributed by atoms with Gasteiger partial charge in [-0.1, -0.05) is 24.3 Å². The standard InChI is InChI=1S/C23H16FN5O2/c24-17-6-4-15(5-7-17)20(16-3-1-2-14(10-16)11-25)18-13-28-9-8-26-23(28)21-22(31)19(30)12-27-29(18)21/h1-10,12,18,20,31H,13H2/t18-,20+/m1/s1. The van der Waals surface area contributed by atoms with Crippen molar-refractivity contribution in [3.8, 4) is 23.3 Å². The maximum absolute atomic E-state index is 13.7. The summed E-state index contributed by atoms with van der Waals surface area (Å²) in [6.07, 6.45) is 4.45. The summed E-state index contributed by atoms with van der Waals surface area (Å²) in [5.41, 5.74) is 1.80. The summed E-state index contributed by atoms with van der Waals surface area (Å²) in [6.45, 7) is 0.455. The summed E-state index contributed by atoms with van der Waals surface area (Å²) in [4.78, 5) is 16.4. The van der Waals surface area contributed by atoms with E-state index in [9.17, 15) is 19.6 Å². The lowest BCUT2D eigenvalue weighted by Crippen LogP contribution is -2.32. The van der Waals surface area contributed by atoms with Crippen LogP contribution in [0, 0.1) is 17.1 Å². The Morgan fingerprint density at radius 1 is 1.19 bits per heavy atom. The van der Waals surface area contributed by atoms with Gasteiger partial charge in [0.05, 0.1) is 23.9 Å². The van der Waals surface area contributed by atoms with Crippen molar-refractivity contribution < 1.29 is 9.50 Å². The van der Waals surface area contributed by atoms with Crippen LogP contribution >= 0.6 is 0 Å². The zero-order valence-corrected chi connectivity index (χ0v) is 16.2. The number of nitrogens with zero attached hydrogens (tertiary/aromatic N) is 5. The minimum absolute atomic E-state index is 0.234. The van der Waals surface area contributed by atoms with Crippen molar-refractivity contribution in [1.82, 2.24) is 19.3 Å². The van der Waals surface area contributed by atoms with Crippen molar-refractivity contribution in [2.45, 2.75) is 18.5 Å². The maximum atomic E-state index is 13.7. The van der Waals surface area contributed by atoms with E-state index in [4.69, 9.17) is 0 Å². The van der Waals surface area contributed by atoms with E-state index in [1.165, 1.54) is 12.1 Å². The van der Waals surface area contributed by atoms with Gasteiger partial charge in [-0.25, -0.2) is 9.37 Å². The van der Waals surface area contributed by atoms with E-state index in [0.29, 0.717) is 17.9 Å². The number of fused-ring (bicyclic) bond motifs is 3. The second kappa shape index (κ2) is 7.22. The lowest BCUT2D eigenvalue weighted by Gasteiger charge is -2.34. The molecule has 0 aliphatic carbocycles. The summed E-state index contributed by atoms with van der Waals surface area (Å²) >= 11 is 0. The highest BCUT2D eigenvalue weighted by Gasteiger charge is 2.35. The van der Waals surface area contributed by atoms with Crippen LogP contribution in [0.3, 0.4) is 0 Å². The minimum atomic E-state index is -0.591. The summed E-state index contributed by atoms with van der Waals surface area (Å²) in [5, 5.41) is 24.3. The fraction of sp³-hybridized carbons (Fsp3) is 0.130. The summed E-state index contributed by atoms with van der Waals surface area (Å²) in [6, 6.07) is 15.2. The molecule has 3 heterocycles. The van der Waals surface area contributed by atoms with Gasteiger partial charge in [0.1, 0.15) is 11.5 Å². The van der Waals surface area contributed by atoms with Crippen LogP contribution in [0.25, 0.3) is 11.5 Å². The second-order valence-electron chi connectivity index (χ2n) is 7.39. The number of aromatic nitrogens is 4. The van der Waals surface area contributed by atoms with Gasteiger partial charge < -0.3 is 9.67 Å². The molecule has 0 amide bonds. The predicted molar refractivity (Wildman–Crippen MR) is 110 cm³/mol. The number of halogens is 1. The number of rotatable bonds is 3. The molecule has 0 radical (unpaired) electrons. The van der Waals surface area contributed by atoms with E-state index in [-0.39, 0.29) is 23.5 Å². The smallest absolute Gasteiger partial charge is 0.242 e. The number of nitriles is 1. The molecule has 0 saturated carbocycles. The van der Waals surface area contributed by atoms with Gasteiger partial charge in [0, 0.05) is 24.9 Å². The van der Waals surface area contributed by atoms with E-state index in [1.54, 1.807) is 47.4 Å². The molecule has 0 bridgehead atoms. The van der Waals surface area contributed by atoms with Crippen molar-refractivity contribution in [3.05, 3.63) is 99.9 Å². The van der Waals surface area contributed by atoms with E-state index >= 15 is 0 Å². The molecule has 31 heavy (non-hydrogen) atoms. The van der Waals surface area contributed by atoms with E-state index in [0.717, 1.165) is 17.3 Å². The molecule has 2 aromatic carbocycles. The van der Waals surface area contributed by atoms with Crippen molar-refractivity contribution in [1.29, 1.82) is 5.26 Å². The Labute approximate surface area is 176 Å². The van der Waals surface area contributed by atoms with Crippen LogP contribution in [0.1, 0.15) is 28.7 Å². The molecule has 5 rings (SSSR count). The summed E-state index contributed by atoms with van der Waals surface area (Å²) < 4.78 is 17.1. The van der Waals surface area contributed by atoms with Gasteiger partial charge in [0.2, 0.25) is 5.43 Å². The van der Waals surface area contributed by atoms with Crippen LogP contribution in [-0.2, 0) is 6.54 Å². The first-order chi connectivity index (χ1) is 15.1. The molecule has 2 aromatic heterocycles. The third-order valence-electron chi connectivity index (χ3n) is 5.60. The van der Waals surface area contributed by atoms with Crippen molar-refractivity contribution >= 4 is 0 Å². The molecule has 8 heteroatoms. The topological polar surface area (TPSA) is 96.7 Å². The average molecular weight is 413 g/mol. The van der Waals surface area contributed by atoms with Crippen LogP contribution in [0.4, 0.5) is 4.39 Å². The molecule has 7 nitrogen and oxygen atoms in total. The number of aromatic hydroxyl groups is 1. The Bertz CT molecular complexity index is 1380. The Morgan fingerprint density at radius 3 is 2.77 bits per heavy atom. The Balaban J connectivity index is 1.76. The average Bonchev–Trinajstić information content (AvgIpc) is 3.26. The molecule has 0 fully saturated rings. The minimum Gasteiger partial charge on any atom is -0.503 e. The molecule has 4 aromatic rings. The number of hydrogen-bond donors (Lipinski definition) is 1. The third kappa shape index (κ3) is 3.07. The van der Waals surface area contributed by atoms with Crippen LogP contribution in [0.2, 0.25) is 0 Å². The maximum Gasteiger partial charge on any atom is 0.242 e. The zero-order valence-electron chi connectivity index (χ0n) is 16.2. The molecule has 152 valence electrons. The molecule has 1 aliphatic rings. The van der Waals surface area contributed by atoms with Gasteiger partial charge >= 0.3 is 0 Å². The molecule has 1 N–H and O–H groups in total. The highest BCUT2D eigenvalue weighted by molar-refractivity contribution is 5.60. The molecule has 0 unspecified atom stereocenters. The molecular weight excluding hydrogens is 397 g/mol. The molecule has 0 spiro atoms. The first-order valence-corrected chi connectivity index (χ1v) is 9.64. The largest absolute Gasteiger partial charge is 0.503 e. The van der Waals surface area contributed by atoms with Gasteiger partial charge in [-0.2, -0.15) is 10.4 Å². The lowest BCUT2D eigenvalue weighted by atomic mass is 9.83. The van der Waals surface area contributed by atoms with Gasteiger partial charge in [0.25, 0.3) is 0 Å². The highest BCUT2D eigenvalue weighted by Crippen LogP contribution is 2.42. The zero-order chi connectivity index (χ0) is 21.5. The first kappa shape index (κ1) is 18.8. The second-order valence-corrected chi connectivity index (χ2v) is 7.39. The predicted octanol–water partition coefficient (Wildman–Crippen LogP) is 3.21. The van der Waals surface area contributed by atoms with E-state index < -0.39 is 11.2 Å². The van der Waals surface area contributed by atoms with Gasteiger partial charge in [-0.3, -0.25) is 9.48 Å². The van der Waals surface area contributed by atoms with Gasteiger partial charge in [-0.05, 0) is 35.4 Å². The quantitative estimate of drug-likeness (QED) is 0.556. The normalized spacial score (nSPS) is 15.5. The molecule has 2 atom stereocenters. The first-order valence-electron chi connectivity index (χ1n) is 9.64. The monoisotopic (exact) mass is 413 g/mol.